The Kier molecular flexibility index (Phi) is 18.0. The van der Waals surface area contributed by atoms with Gasteiger partial charge in [-0.25, -0.2) is 0 Å². The molecular weight excluding hydrogens is 588 g/mol. The zero-order valence-electron chi connectivity index (χ0n) is 24.9. The van der Waals surface area contributed by atoms with Crippen LogP contribution in [0.3, 0.4) is 0 Å². The normalized spacial score (nSPS) is 13.6. The molecule has 0 radical (unpaired) electrons. The number of hydrogen-bond donors (Lipinski definition) is 0. The van der Waals surface area contributed by atoms with E-state index in [4.69, 9.17) is 9.47 Å². The topological polar surface area (TPSA) is 203 Å². The fourth-order valence-corrected chi connectivity index (χ4v) is 3.49. The minimum atomic E-state index is -1.55. The second-order valence-corrected chi connectivity index (χ2v) is 9.31. The van der Waals surface area contributed by atoms with E-state index in [-0.39, 0.29) is 5.78 Å². The maximum atomic E-state index is 12.1. The van der Waals surface area contributed by atoms with Gasteiger partial charge in [0.25, 0.3) is 0 Å². The molecule has 0 atom stereocenters. The van der Waals surface area contributed by atoms with Gasteiger partial charge in [-0.2, -0.15) is 0 Å². The van der Waals surface area contributed by atoms with Crippen molar-refractivity contribution >= 4 is 35.7 Å². The number of ether oxygens (including phenoxy) is 2. The number of ketones is 1. The fourth-order valence-electron chi connectivity index (χ4n) is 3.49. The summed E-state index contributed by atoms with van der Waals surface area (Å²) in [6, 6.07) is 17.2. The number of hydrogen-bond acceptors (Lipinski definition) is 13. The summed E-state index contributed by atoms with van der Waals surface area (Å²) >= 11 is 0. The molecule has 1 aliphatic heterocycles. The summed E-state index contributed by atoms with van der Waals surface area (Å²) < 4.78 is 11.9. The van der Waals surface area contributed by atoms with Gasteiger partial charge >= 0.3 is 0 Å². The number of para-hydroxylation sites is 2. The third-order valence-corrected chi connectivity index (χ3v) is 5.70. The molecule has 0 unspecified atom stereocenters. The van der Waals surface area contributed by atoms with Crippen molar-refractivity contribution < 1.29 is 53.9 Å². The van der Waals surface area contributed by atoms with Crippen molar-refractivity contribution in [3.05, 3.63) is 90.2 Å². The van der Waals surface area contributed by atoms with E-state index in [1.165, 1.54) is 6.92 Å². The average Bonchev–Trinajstić information content (AvgIpc) is 2.99. The zero-order chi connectivity index (χ0) is 33.6. The molecule has 13 heteroatoms. The molecular formula is C32H34N2O11-4. The van der Waals surface area contributed by atoms with Gasteiger partial charge in [0.1, 0.15) is 0 Å². The summed E-state index contributed by atoms with van der Waals surface area (Å²) in [6.45, 7) is 7.63. The number of carbonyl (C=O) groups excluding carboxylic acids is 5. The summed E-state index contributed by atoms with van der Waals surface area (Å²) in [6.07, 6.45) is 4.25. The third kappa shape index (κ3) is 18.8. The van der Waals surface area contributed by atoms with Crippen molar-refractivity contribution in [3.63, 3.8) is 0 Å². The molecule has 0 aliphatic carbocycles. The molecule has 1 aliphatic rings. The number of likely N-dealkylation sites (N-methyl/N-ethyl adjacent to an activating group) is 1. The number of carboxylic acid groups (broad SMARTS) is 4. The van der Waals surface area contributed by atoms with E-state index in [9.17, 15) is 44.4 Å². The smallest absolute Gasteiger partial charge is 0.194 e. The van der Waals surface area contributed by atoms with Gasteiger partial charge in [0.2, 0.25) is 0 Å². The van der Waals surface area contributed by atoms with Crippen LogP contribution in [0.2, 0.25) is 0 Å². The molecule has 242 valence electrons. The molecule has 13 nitrogen and oxygen atoms in total. The van der Waals surface area contributed by atoms with Gasteiger partial charge in [0, 0.05) is 39.6 Å². The predicted octanol–water partition coefficient (Wildman–Crippen LogP) is -2.20. The monoisotopic (exact) mass is 622 g/mol. The number of aliphatic carboxylic acids is 4. The maximum Gasteiger partial charge on any atom is 0.194 e. The number of Topliss-reactive ketones (excluding diaryl/α,β-unsaturated/α-hetero) is 1. The largest absolute Gasteiger partial charge is 0.545 e. The first kappa shape index (κ1) is 37.8. The number of allylic oxidation sites excluding steroid dienone is 1. The van der Waals surface area contributed by atoms with Crippen molar-refractivity contribution in [1.29, 1.82) is 0 Å². The first-order valence-electron chi connectivity index (χ1n) is 13.7. The predicted molar refractivity (Wildman–Crippen MR) is 155 cm³/mol. The molecule has 45 heavy (non-hydrogen) atoms. The van der Waals surface area contributed by atoms with Crippen LogP contribution < -0.4 is 29.9 Å². The van der Waals surface area contributed by atoms with Gasteiger partial charge in [0.15, 0.2) is 23.0 Å². The van der Waals surface area contributed by atoms with E-state index >= 15 is 0 Å². The fraction of sp³-hybridized carbons (Fsp3) is 0.281. The van der Waals surface area contributed by atoms with Gasteiger partial charge in [-0.3, -0.25) is 4.79 Å². The van der Waals surface area contributed by atoms with Crippen molar-refractivity contribution in [2.24, 2.45) is 0 Å². The highest BCUT2D eigenvalue weighted by molar-refractivity contribution is 5.96. The second kappa shape index (κ2) is 21.4. The summed E-state index contributed by atoms with van der Waals surface area (Å²) in [5, 5.41) is 37.7. The van der Waals surface area contributed by atoms with Crippen LogP contribution >= 0.6 is 0 Å². The lowest BCUT2D eigenvalue weighted by molar-refractivity contribution is -0.301. The van der Waals surface area contributed by atoms with Crippen LogP contribution in [0, 0.1) is 0 Å². The van der Waals surface area contributed by atoms with Crippen LogP contribution in [-0.4, -0.2) is 85.8 Å². The Labute approximate surface area is 260 Å². The van der Waals surface area contributed by atoms with Crippen molar-refractivity contribution in [3.8, 4) is 11.5 Å². The minimum absolute atomic E-state index is 0.126. The molecule has 1 fully saturated rings. The van der Waals surface area contributed by atoms with Gasteiger partial charge in [-0.1, -0.05) is 42.5 Å². The lowest BCUT2D eigenvalue weighted by Crippen LogP contribution is -2.44. The summed E-state index contributed by atoms with van der Waals surface area (Å²) in [5.74, 6) is -4.80. The molecule has 3 rings (SSSR count). The Morgan fingerprint density at radius 3 is 1.64 bits per heavy atom. The van der Waals surface area contributed by atoms with Crippen LogP contribution in [-0.2, 0) is 24.0 Å². The van der Waals surface area contributed by atoms with Crippen LogP contribution in [0.25, 0.3) is 6.08 Å². The van der Waals surface area contributed by atoms with E-state index in [1.54, 1.807) is 6.08 Å². The van der Waals surface area contributed by atoms with Crippen LogP contribution in [0.4, 0.5) is 0 Å². The van der Waals surface area contributed by atoms with Gasteiger partial charge in [0.05, 0.1) is 30.5 Å². The molecule has 1 saturated heterocycles. The Morgan fingerprint density at radius 2 is 1.18 bits per heavy atom. The molecule has 2 aromatic carbocycles. The number of benzene rings is 2. The molecule has 0 N–H and O–H groups in total. The highest BCUT2D eigenvalue weighted by Crippen LogP contribution is 2.29. The van der Waals surface area contributed by atoms with E-state index in [0.717, 1.165) is 44.7 Å². The Morgan fingerprint density at radius 1 is 0.711 bits per heavy atom. The molecule has 0 aromatic heterocycles. The number of piperazine rings is 1. The zero-order valence-corrected chi connectivity index (χ0v) is 24.9. The SMILES string of the molecule is CC(=O)/C(=C/c1ccccc1)Oc1ccccc1OCCCN1CCN(C)CC1.O=C([O-])/C=C\C(=O)[O-].O=C([O-])/C=C\C(=O)[O-]. The first-order chi connectivity index (χ1) is 21.4. The lowest BCUT2D eigenvalue weighted by atomic mass is 10.2. The summed E-state index contributed by atoms with van der Waals surface area (Å²) in [4.78, 5) is 54.6. The third-order valence-electron chi connectivity index (χ3n) is 5.70. The quantitative estimate of drug-likeness (QED) is 0.132. The van der Waals surface area contributed by atoms with Crippen LogP contribution in [0.15, 0.2) is 84.7 Å². The number of carboxylic acids is 4. The maximum absolute atomic E-state index is 12.1. The van der Waals surface area contributed by atoms with E-state index in [0.29, 0.717) is 48.2 Å². The molecule has 0 bridgehead atoms. The van der Waals surface area contributed by atoms with E-state index in [2.05, 4.69) is 16.8 Å². The van der Waals surface area contributed by atoms with Gasteiger partial charge < -0.3 is 58.9 Å². The molecule has 0 spiro atoms. The number of rotatable bonds is 13. The average molecular weight is 623 g/mol. The van der Waals surface area contributed by atoms with E-state index < -0.39 is 23.9 Å². The number of carbonyl (C=O) groups is 5. The van der Waals surface area contributed by atoms with Gasteiger partial charge in [-0.15, -0.1) is 0 Å². The summed E-state index contributed by atoms with van der Waals surface area (Å²) in [7, 11) is 2.17. The number of nitrogens with zero attached hydrogens (tertiary/aromatic N) is 2. The Bertz CT molecular complexity index is 1280. The minimum Gasteiger partial charge on any atom is -0.545 e. The Balaban J connectivity index is 0.000000521. The van der Waals surface area contributed by atoms with Crippen molar-refractivity contribution in [2.45, 2.75) is 13.3 Å². The van der Waals surface area contributed by atoms with Gasteiger partial charge in [-0.05, 0) is 61.5 Å². The second-order valence-electron chi connectivity index (χ2n) is 9.31. The molecule has 0 saturated carbocycles. The highest BCUT2D eigenvalue weighted by atomic mass is 16.5. The van der Waals surface area contributed by atoms with Crippen LogP contribution in [0.5, 0.6) is 11.5 Å². The van der Waals surface area contributed by atoms with Crippen molar-refractivity contribution in [1.82, 2.24) is 9.80 Å². The summed E-state index contributed by atoms with van der Waals surface area (Å²) in [5.41, 5.74) is 0.920. The lowest BCUT2D eigenvalue weighted by Gasteiger charge is -2.32. The molecule has 1 heterocycles. The first-order valence-corrected chi connectivity index (χ1v) is 13.7. The van der Waals surface area contributed by atoms with E-state index in [1.807, 2.05) is 54.6 Å². The van der Waals surface area contributed by atoms with Crippen LogP contribution in [0.1, 0.15) is 18.9 Å². The molecule has 2 aromatic rings. The molecule has 0 amide bonds. The highest BCUT2D eigenvalue weighted by Gasteiger charge is 2.14. The Hall–Kier alpha value is -5.27. The standard InChI is InChI=1S/C24H30N2O3.2C4H4O4/c1-20(27)24(19-21-9-4-3-5-10-21)29-23-12-7-6-11-22(23)28-18-8-13-26-16-14-25(2)15-17-26;2*5-3(6)1-2-4(7)8/h3-7,9-12,19H,8,13-18H2,1-2H3;2*1-2H,(H,5,6)(H,7,8)/p-4/b24-19-;2*2-1-. The van der Waals surface area contributed by atoms with Crippen molar-refractivity contribution in [2.75, 3.05) is 46.4 Å².